The normalized spacial score (nSPS) is 10.8. The summed E-state index contributed by atoms with van der Waals surface area (Å²) in [6.07, 6.45) is 4.66. The quantitative estimate of drug-likeness (QED) is 0.369. The second-order valence-corrected chi connectivity index (χ2v) is 8.38. The Morgan fingerprint density at radius 1 is 1.12 bits per heavy atom. The van der Waals surface area contributed by atoms with Gasteiger partial charge in [0, 0.05) is 44.0 Å². The summed E-state index contributed by atoms with van der Waals surface area (Å²) in [6, 6.07) is 11.7. The van der Waals surface area contributed by atoms with E-state index in [2.05, 4.69) is 23.1 Å². The van der Waals surface area contributed by atoms with Crippen molar-refractivity contribution in [2.24, 2.45) is 0 Å². The first kappa shape index (κ1) is 23.8. The molecule has 0 bridgehead atoms. The molecule has 172 valence electrons. The van der Waals surface area contributed by atoms with Gasteiger partial charge in [-0.1, -0.05) is 26.0 Å². The molecule has 3 aromatic rings. The Morgan fingerprint density at radius 2 is 1.94 bits per heavy atom. The summed E-state index contributed by atoms with van der Waals surface area (Å²) in [5, 5.41) is 0.796. The summed E-state index contributed by atoms with van der Waals surface area (Å²) < 4.78 is 15.4. The lowest BCUT2D eigenvalue weighted by atomic mass is 10.1. The van der Waals surface area contributed by atoms with Gasteiger partial charge in [0.05, 0.1) is 19.9 Å². The zero-order valence-corrected chi connectivity index (χ0v) is 19.9. The maximum atomic E-state index is 12.8. The van der Waals surface area contributed by atoms with Gasteiger partial charge in [-0.25, -0.2) is 4.98 Å². The number of anilines is 1. The van der Waals surface area contributed by atoms with Gasteiger partial charge in [0.2, 0.25) is 11.0 Å². The van der Waals surface area contributed by atoms with Crippen LogP contribution in [0.2, 0.25) is 0 Å². The molecule has 8 heteroatoms. The number of furan rings is 1. The van der Waals surface area contributed by atoms with E-state index in [-0.39, 0.29) is 5.91 Å². The van der Waals surface area contributed by atoms with Crippen LogP contribution in [0.4, 0.5) is 5.13 Å². The highest BCUT2D eigenvalue weighted by Gasteiger charge is 2.18. The Bertz CT molecular complexity index is 952. The molecule has 0 saturated carbocycles. The molecule has 0 radical (unpaired) electrons. The van der Waals surface area contributed by atoms with Crippen LogP contribution < -0.4 is 9.64 Å². The van der Waals surface area contributed by atoms with Gasteiger partial charge in [-0.3, -0.25) is 4.79 Å². The fourth-order valence-electron chi connectivity index (χ4n) is 3.53. The fourth-order valence-corrected chi connectivity index (χ4v) is 4.24. The first-order valence-electron chi connectivity index (χ1n) is 11.1. The number of amides is 1. The van der Waals surface area contributed by atoms with E-state index in [0.29, 0.717) is 25.9 Å². The zero-order chi connectivity index (χ0) is 22.8. The summed E-state index contributed by atoms with van der Waals surface area (Å²) in [6.45, 7) is 6.92. The Morgan fingerprint density at radius 3 is 2.62 bits per heavy atom. The van der Waals surface area contributed by atoms with Crippen LogP contribution in [-0.2, 0) is 17.8 Å². The minimum Gasteiger partial charge on any atom is -0.497 e. The van der Waals surface area contributed by atoms with Gasteiger partial charge in [0.15, 0.2) is 0 Å². The molecule has 0 fully saturated rings. The zero-order valence-electron chi connectivity index (χ0n) is 19.1. The number of hydrogen-bond donors (Lipinski definition) is 0. The molecule has 0 aliphatic carbocycles. The molecule has 0 spiro atoms. The van der Waals surface area contributed by atoms with Gasteiger partial charge < -0.3 is 19.0 Å². The maximum Gasteiger partial charge on any atom is 0.224 e. The van der Waals surface area contributed by atoms with E-state index < -0.39 is 0 Å². The summed E-state index contributed by atoms with van der Waals surface area (Å²) in [7, 11) is 1.66. The lowest BCUT2D eigenvalue weighted by Crippen LogP contribution is -2.35. The number of carbonyl (C=O) groups is 1. The largest absolute Gasteiger partial charge is 0.497 e. The van der Waals surface area contributed by atoms with Crippen molar-refractivity contribution in [3.63, 3.8) is 0 Å². The first-order chi connectivity index (χ1) is 15.6. The molecule has 7 nitrogen and oxygen atoms in total. The third-order valence-corrected chi connectivity index (χ3v) is 5.90. The Labute approximate surface area is 194 Å². The van der Waals surface area contributed by atoms with E-state index in [1.807, 2.05) is 41.3 Å². The number of carbonyl (C=O) groups excluding carboxylic acids is 1. The maximum absolute atomic E-state index is 12.8. The van der Waals surface area contributed by atoms with Crippen molar-refractivity contribution in [2.75, 3.05) is 31.6 Å². The average molecular weight is 457 g/mol. The van der Waals surface area contributed by atoms with Crippen molar-refractivity contribution >= 4 is 22.6 Å². The van der Waals surface area contributed by atoms with Crippen molar-refractivity contribution in [2.45, 2.75) is 46.1 Å². The molecule has 32 heavy (non-hydrogen) atoms. The molecular formula is C24H32N4O3S. The van der Waals surface area contributed by atoms with Gasteiger partial charge in [-0.05, 0) is 42.7 Å². The third-order valence-electron chi connectivity index (χ3n) is 5.09. The van der Waals surface area contributed by atoms with E-state index >= 15 is 0 Å². The Hall–Kier alpha value is -2.87. The lowest BCUT2D eigenvalue weighted by molar-refractivity contribution is -0.131. The van der Waals surface area contributed by atoms with Crippen LogP contribution >= 0.6 is 11.5 Å². The Balaban J connectivity index is 1.70. The lowest BCUT2D eigenvalue weighted by Gasteiger charge is -2.24. The number of ether oxygens (including phenoxy) is 1. The van der Waals surface area contributed by atoms with E-state index in [0.717, 1.165) is 54.0 Å². The molecule has 0 unspecified atom stereocenters. The number of nitrogens with zero attached hydrogens (tertiary/aromatic N) is 4. The molecule has 2 heterocycles. The van der Waals surface area contributed by atoms with E-state index in [1.165, 1.54) is 11.5 Å². The summed E-state index contributed by atoms with van der Waals surface area (Å²) in [5.74, 6) is 2.59. The highest BCUT2D eigenvalue weighted by molar-refractivity contribution is 7.09. The van der Waals surface area contributed by atoms with Gasteiger partial charge in [-0.15, -0.1) is 0 Å². The van der Waals surface area contributed by atoms with E-state index in [1.54, 1.807) is 13.4 Å². The van der Waals surface area contributed by atoms with Crippen molar-refractivity contribution in [3.8, 4) is 5.75 Å². The van der Waals surface area contributed by atoms with Crippen LogP contribution in [0.5, 0.6) is 5.75 Å². The molecule has 1 aromatic carbocycles. The third kappa shape index (κ3) is 6.82. The molecule has 0 atom stereocenters. The molecule has 0 aliphatic rings. The SMILES string of the molecule is CCCN(CCC)C(=O)CCN(Cc1ccco1)c1nc(Cc2cccc(OC)c2)ns1. The minimum atomic E-state index is 0.180. The van der Waals surface area contributed by atoms with Crippen molar-refractivity contribution < 1.29 is 13.9 Å². The van der Waals surface area contributed by atoms with Gasteiger partial charge in [0.1, 0.15) is 17.3 Å². The average Bonchev–Trinajstić information content (AvgIpc) is 3.48. The van der Waals surface area contributed by atoms with Crippen LogP contribution in [-0.4, -0.2) is 46.9 Å². The summed E-state index contributed by atoms with van der Waals surface area (Å²) >= 11 is 1.36. The minimum absolute atomic E-state index is 0.180. The first-order valence-corrected chi connectivity index (χ1v) is 11.9. The van der Waals surface area contributed by atoms with Crippen LogP contribution in [0.15, 0.2) is 47.1 Å². The van der Waals surface area contributed by atoms with Gasteiger partial charge >= 0.3 is 0 Å². The van der Waals surface area contributed by atoms with Crippen LogP contribution in [0.25, 0.3) is 0 Å². The molecule has 2 aromatic heterocycles. The molecule has 1 amide bonds. The molecule has 0 aliphatic heterocycles. The summed E-state index contributed by atoms with van der Waals surface area (Å²) in [4.78, 5) is 21.6. The fraction of sp³-hybridized carbons (Fsp3) is 0.458. The number of methoxy groups -OCH3 is 1. The van der Waals surface area contributed by atoms with Crippen molar-refractivity contribution in [3.05, 3.63) is 59.8 Å². The van der Waals surface area contributed by atoms with Crippen LogP contribution in [0.3, 0.4) is 0 Å². The Kier molecular flexibility index (Phi) is 9.10. The number of rotatable bonds is 13. The van der Waals surface area contributed by atoms with Crippen molar-refractivity contribution in [1.29, 1.82) is 0 Å². The van der Waals surface area contributed by atoms with Crippen molar-refractivity contribution in [1.82, 2.24) is 14.3 Å². The smallest absolute Gasteiger partial charge is 0.224 e. The molecule has 3 rings (SSSR count). The number of hydrogen-bond acceptors (Lipinski definition) is 7. The summed E-state index contributed by atoms with van der Waals surface area (Å²) in [5.41, 5.74) is 1.09. The highest BCUT2D eigenvalue weighted by atomic mass is 32.1. The van der Waals surface area contributed by atoms with Crippen LogP contribution in [0, 0.1) is 0 Å². The van der Waals surface area contributed by atoms with E-state index in [4.69, 9.17) is 14.1 Å². The number of benzene rings is 1. The second kappa shape index (κ2) is 12.2. The molecular weight excluding hydrogens is 424 g/mol. The number of aromatic nitrogens is 2. The predicted molar refractivity (Wildman–Crippen MR) is 127 cm³/mol. The van der Waals surface area contributed by atoms with E-state index in [9.17, 15) is 4.79 Å². The highest BCUT2D eigenvalue weighted by Crippen LogP contribution is 2.23. The predicted octanol–water partition coefficient (Wildman–Crippen LogP) is 4.78. The van der Waals surface area contributed by atoms with Gasteiger partial charge in [-0.2, -0.15) is 4.37 Å². The van der Waals surface area contributed by atoms with Crippen LogP contribution in [0.1, 0.15) is 50.3 Å². The monoisotopic (exact) mass is 456 g/mol. The molecule has 0 saturated heterocycles. The molecule has 0 N–H and O–H groups in total. The topological polar surface area (TPSA) is 71.7 Å². The standard InChI is InChI=1S/C24H32N4O3S/c1-4-12-27(13-5-2)23(29)11-14-28(18-21-10-7-15-31-21)24-25-22(26-32-24)17-19-8-6-9-20(16-19)30-3/h6-10,15-16H,4-5,11-14,17-18H2,1-3H3. The van der Waals surface area contributed by atoms with Gasteiger partial charge in [0.25, 0.3) is 0 Å². The second-order valence-electron chi connectivity index (χ2n) is 7.65.